The lowest BCUT2D eigenvalue weighted by Crippen LogP contribution is -2.51. The third-order valence-corrected chi connectivity index (χ3v) is 7.39. The minimum absolute atomic E-state index is 0.124. The van der Waals surface area contributed by atoms with E-state index in [1.165, 1.54) is 25.5 Å². The minimum atomic E-state index is -0.124. The van der Waals surface area contributed by atoms with E-state index in [4.69, 9.17) is 4.74 Å². The largest absolute Gasteiger partial charge is 0.469 e. The molecule has 2 aliphatic carbocycles. The van der Waals surface area contributed by atoms with E-state index in [9.17, 15) is 9.59 Å². The van der Waals surface area contributed by atoms with Gasteiger partial charge in [-0.3, -0.25) is 9.59 Å². The smallest absolute Gasteiger partial charge is 0.305 e. The van der Waals surface area contributed by atoms with Gasteiger partial charge in [0, 0.05) is 12.8 Å². The molecule has 0 bridgehead atoms. The Balaban J connectivity index is 2.17. The second kappa shape index (κ2) is 7.01. The summed E-state index contributed by atoms with van der Waals surface area (Å²) in [5.41, 5.74) is 1.58. The Morgan fingerprint density at radius 2 is 2.08 bits per heavy atom. The first-order valence-electron chi connectivity index (χ1n) is 9.42. The number of carbonyl (C=O) groups is 2. The summed E-state index contributed by atoms with van der Waals surface area (Å²) < 4.78 is 4.80. The van der Waals surface area contributed by atoms with Crippen molar-refractivity contribution in [1.29, 1.82) is 0 Å². The molecule has 2 rings (SSSR count). The first-order valence-corrected chi connectivity index (χ1v) is 9.42. The molecule has 5 atom stereocenters. The van der Waals surface area contributed by atoms with Gasteiger partial charge in [-0.25, -0.2) is 0 Å². The van der Waals surface area contributed by atoms with Crippen molar-refractivity contribution in [2.24, 2.45) is 28.6 Å². The van der Waals surface area contributed by atoms with Crippen LogP contribution in [-0.4, -0.2) is 18.9 Å². The average Bonchev–Trinajstić information content (AvgIpc) is 2.52. The number of ether oxygens (including phenoxy) is 1. The lowest BCUT2D eigenvalue weighted by molar-refractivity contribution is -0.141. The topological polar surface area (TPSA) is 43.4 Å². The zero-order chi connectivity index (χ0) is 18.1. The molecule has 1 unspecified atom stereocenters. The second-order valence-corrected chi connectivity index (χ2v) is 8.84. The molecule has 0 heterocycles. The van der Waals surface area contributed by atoms with E-state index >= 15 is 0 Å². The second-order valence-electron chi connectivity index (χ2n) is 8.84. The van der Waals surface area contributed by atoms with Crippen molar-refractivity contribution in [2.45, 2.75) is 73.1 Å². The standard InChI is InChI=1S/C21H34O3/c1-14(11-19(23)24-6)7-9-20(4)15(2)8-10-21(5)16(3)12-17(22)13-18(20)21/h12,14-15,18H,7-11,13H2,1-6H3/t14?,15-,18-,20+,21+/m1/s1. The maximum atomic E-state index is 12.2. The van der Waals surface area contributed by atoms with Gasteiger partial charge in [-0.15, -0.1) is 0 Å². The maximum absolute atomic E-state index is 12.2. The van der Waals surface area contributed by atoms with E-state index in [1.54, 1.807) is 0 Å². The van der Waals surface area contributed by atoms with Crippen LogP contribution in [0.15, 0.2) is 11.6 Å². The molecule has 3 heteroatoms. The van der Waals surface area contributed by atoms with E-state index in [1.807, 2.05) is 6.08 Å². The number of carbonyl (C=O) groups excluding carboxylic acids is 2. The third kappa shape index (κ3) is 3.45. The summed E-state index contributed by atoms with van der Waals surface area (Å²) in [6, 6.07) is 0. The Morgan fingerprint density at radius 1 is 1.42 bits per heavy atom. The van der Waals surface area contributed by atoms with E-state index in [0.717, 1.165) is 12.8 Å². The summed E-state index contributed by atoms with van der Waals surface area (Å²) in [5.74, 6) is 1.51. The Kier molecular flexibility index (Phi) is 5.61. The van der Waals surface area contributed by atoms with E-state index in [-0.39, 0.29) is 22.6 Å². The molecule has 1 saturated carbocycles. The van der Waals surface area contributed by atoms with Gasteiger partial charge in [-0.05, 0) is 67.3 Å². The number of hydrogen-bond donors (Lipinski definition) is 0. The number of hydrogen-bond acceptors (Lipinski definition) is 3. The number of esters is 1. The predicted molar refractivity (Wildman–Crippen MR) is 96.5 cm³/mol. The molecule has 136 valence electrons. The van der Waals surface area contributed by atoms with Crippen LogP contribution in [0.3, 0.4) is 0 Å². The molecular weight excluding hydrogens is 300 g/mol. The van der Waals surface area contributed by atoms with Gasteiger partial charge in [0.05, 0.1) is 7.11 Å². The number of rotatable bonds is 5. The molecule has 0 amide bonds. The van der Waals surface area contributed by atoms with Crippen LogP contribution < -0.4 is 0 Å². The Bertz CT molecular complexity index is 535. The molecule has 3 nitrogen and oxygen atoms in total. The van der Waals surface area contributed by atoms with Gasteiger partial charge >= 0.3 is 5.97 Å². The van der Waals surface area contributed by atoms with Crippen LogP contribution in [0.2, 0.25) is 0 Å². The minimum Gasteiger partial charge on any atom is -0.469 e. The highest BCUT2D eigenvalue weighted by Crippen LogP contribution is 2.61. The molecule has 0 N–H and O–H groups in total. The molecule has 1 fully saturated rings. The van der Waals surface area contributed by atoms with Gasteiger partial charge in [0.25, 0.3) is 0 Å². The van der Waals surface area contributed by atoms with Gasteiger partial charge in [-0.1, -0.05) is 33.3 Å². The molecular formula is C21H34O3. The van der Waals surface area contributed by atoms with Gasteiger partial charge in [0.2, 0.25) is 0 Å². The Morgan fingerprint density at radius 3 is 2.71 bits per heavy atom. The van der Waals surface area contributed by atoms with Crippen molar-refractivity contribution < 1.29 is 14.3 Å². The number of ketones is 1. The highest BCUT2D eigenvalue weighted by Gasteiger charge is 2.54. The predicted octanol–water partition coefficient (Wildman–Crippen LogP) is 4.94. The zero-order valence-electron chi connectivity index (χ0n) is 16.3. The first kappa shape index (κ1) is 19.2. The Hall–Kier alpha value is -1.12. The average molecular weight is 335 g/mol. The quantitative estimate of drug-likeness (QED) is 0.669. The molecule has 0 saturated heterocycles. The highest BCUT2D eigenvalue weighted by atomic mass is 16.5. The van der Waals surface area contributed by atoms with E-state index in [2.05, 4.69) is 34.6 Å². The van der Waals surface area contributed by atoms with Crippen LogP contribution in [-0.2, 0) is 14.3 Å². The van der Waals surface area contributed by atoms with Gasteiger partial charge in [0.1, 0.15) is 0 Å². The monoisotopic (exact) mass is 334 g/mol. The third-order valence-electron chi connectivity index (χ3n) is 7.39. The SMILES string of the molecule is COC(=O)CC(C)CC[C@@]1(C)[C@H](C)CC[C@@]2(C)C(C)=CC(=O)C[C@H]12. The number of allylic oxidation sites excluding steroid dienone is 2. The summed E-state index contributed by atoms with van der Waals surface area (Å²) in [5, 5.41) is 0. The number of fused-ring (bicyclic) bond motifs is 1. The highest BCUT2D eigenvalue weighted by molar-refractivity contribution is 5.92. The van der Waals surface area contributed by atoms with Crippen LogP contribution in [0.5, 0.6) is 0 Å². The van der Waals surface area contributed by atoms with Crippen molar-refractivity contribution in [1.82, 2.24) is 0 Å². The fraction of sp³-hybridized carbons (Fsp3) is 0.810. The fourth-order valence-corrected chi connectivity index (χ4v) is 5.14. The summed E-state index contributed by atoms with van der Waals surface area (Å²) >= 11 is 0. The lowest BCUT2D eigenvalue weighted by atomic mass is 9.46. The maximum Gasteiger partial charge on any atom is 0.305 e. The zero-order valence-corrected chi connectivity index (χ0v) is 16.3. The van der Waals surface area contributed by atoms with Crippen LogP contribution in [0.25, 0.3) is 0 Å². The summed E-state index contributed by atoms with van der Waals surface area (Å²) in [6.07, 6.45) is 7.54. The molecule has 0 radical (unpaired) electrons. The first-order chi connectivity index (χ1) is 11.1. The normalized spacial score (nSPS) is 37.4. The van der Waals surface area contributed by atoms with Crippen molar-refractivity contribution in [3.8, 4) is 0 Å². The van der Waals surface area contributed by atoms with Crippen LogP contribution in [0, 0.1) is 28.6 Å². The molecule has 0 aliphatic heterocycles. The van der Waals surface area contributed by atoms with Crippen LogP contribution in [0.4, 0.5) is 0 Å². The molecule has 0 spiro atoms. The molecule has 2 aliphatic rings. The van der Waals surface area contributed by atoms with Crippen molar-refractivity contribution >= 4 is 11.8 Å². The fourth-order valence-electron chi connectivity index (χ4n) is 5.14. The van der Waals surface area contributed by atoms with Crippen molar-refractivity contribution in [3.63, 3.8) is 0 Å². The van der Waals surface area contributed by atoms with Gasteiger partial charge in [0.15, 0.2) is 5.78 Å². The van der Waals surface area contributed by atoms with Crippen LogP contribution >= 0.6 is 0 Å². The Labute approximate surface area is 147 Å². The summed E-state index contributed by atoms with van der Waals surface area (Å²) in [7, 11) is 1.45. The van der Waals surface area contributed by atoms with Crippen LogP contribution in [0.1, 0.15) is 73.1 Å². The van der Waals surface area contributed by atoms with E-state index < -0.39 is 0 Å². The number of methoxy groups -OCH3 is 1. The lowest BCUT2D eigenvalue weighted by Gasteiger charge is -2.57. The van der Waals surface area contributed by atoms with Gasteiger partial charge < -0.3 is 4.74 Å². The van der Waals surface area contributed by atoms with Gasteiger partial charge in [-0.2, -0.15) is 0 Å². The van der Waals surface area contributed by atoms with Crippen molar-refractivity contribution in [3.05, 3.63) is 11.6 Å². The molecule has 24 heavy (non-hydrogen) atoms. The summed E-state index contributed by atoms with van der Waals surface area (Å²) in [4.78, 5) is 23.8. The molecule has 0 aromatic carbocycles. The van der Waals surface area contributed by atoms with Crippen molar-refractivity contribution in [2.75, 3.05) is 7.11 Å². The summed E-state index contributed by atoms with van der Waals surface area (Å²) in [6.45, 7) is 11.4. The van der Waals surface area contributed by atoms with E-state index in [0.29, 0.717) is 30.6 Å². The molecule has 0 aromatic heterocycles. The molecule has 0 aromatic rings.